The Morgan fingerprint density at radius 2 is 2.00 bits per heavy atom. The zero-order chi connectivity index (χ0) is 18.9. The van der Waals surface area contributed by atoms with Crippen LogP contribution < -0.4 is 20.1 Å². The first kappa shape index (κ1) is 23.1. The number of anilines is 1. The predicted molar refractivity (Wildman–Crippen MR) is 121 cm³/mol. The maximum Gasteiger partial charge on any atom is 0.195 e. The van der Waals surface area contributed by atoms with Crippen LogP contribution in [0.3, 0.4) is 0 Å². The van der Waals surface area contributed by atoms with Crippen LogP contribution >= 0.6 is 24.0 Å². The highest BCUT2D eigenvalue weighted by atomic mass is 127. The first-order valence-electron chi connectivity index (χ1n) is 8.87. The van der Waals surface area contributed by atoms with E-state index in [9.17, 15) is 0 Å². The van der Waals surface area contributed by atoms with Crippen molar-refractivity contribution < 1.29 is 9.47 Å². The SMILES string of the molecule is CCOc1ccc(NC(=NC)NCCCn2nc(C)cc2C)cc1OC.I. The fourth-order valence-electron chi connectivity index (χ4n) is 2.67. The summed E-state index contributed by atoms with van der Waals surface area (Å²) in [6, 6.07) is 7.82. The molecule has 0 aliphatic rings. The van der Waals surface area contributed by atoms with Gasteiger partial charge in [0.05, 0.1) is 19.4 Å². The van der Waals surface area contributed by atoms with Crippen LogP contribution in [-0.4, -0.2) is 43.0 Å². The van der Waals surface area contributed by atoms with Crippen LogP contribution in [0.5, 0.6) is 11.5 Å². The molecule has 0 atom stereocenters. The quantitative estimate of drug-likeness (QED) is 0.258. The van der Waals surface area contributed by atoms with Gasteiger partial charge in [-0.05, 0) is 45.4 Å². The van der Waals surface area contributed by atoms with Crippen LogP contribution in [0.4, 0.5) is 5.69 Å². The van der Waals surface area contributed by atoms with Gasteiger partial charge in [-0.3, -0.25) is 9.67 Å². The summed E-state index contributed by atoms with van der Waals surface area (Å²) in [4.78, 5) is 4.26. The molecular formula is C19H30IN5O2. The van der Waals surface area contributed by atoms with Gasteiger partial charge in [0.2, 0.25) is 0 Å². The lowest BCUT2D eigenvalue weighted by molar-refractivity contribution is 0.311. The molecular weight excluding hydrogens is 457 g/mol. The minimum absolute atomic E-state index is 0. The number of nitrogens with zero attached hydrogens (tertiary/aromatic N) is 3. The average molecular weight is 487 g/mol. The number of nitrogens with one attached hydrogen (secondary N) is 2. The Hall–Kier alpha value is -1.97. The Kier molecular flexibility index (Phi) is 9.98. The van der Waals surface area contributed by atoms with Crippen molar-refractivity contribution in [2.45, 2.75) is 33.7 Å². The van der Waals surface area contributed by atoms with Crippen LogP contribution in [0.15, 0.2) is 29.3 Å². The van der Waals surface area contributed by atoms with Crippen LogP contribution in [0, 0.1) is 13.8 Å². The van der Waals surface area contributed by atoms with Crippen molar-refractivity contribution in [1.82, 2.24) is 15.1 Å². The molecule has 0 fully saturated rings. The number of methoxy groups -OCH3 is 1. The Morgan fingerprint density at radius 1 is 1.22 bits per heavy atom. The van der Waals surface area contributed by atoms with Crippen molar-refractivity contribution in [2.24, 2.45) is 4.99 Å². The highest BCUT2D eigenvalue weighted by Crippen LogP contribution is 2.30. The van der Waals surface area contributed by atoms with E-state index in [0.717, 1.165) is 36.6 Å². The third-order valence-corrected chi connectivity index (χ3v) is 3.89. The van der Waals surface area contributed by atoms with Crippen molar-refractivity contribution in [1.29, 1.82) is 0 Å². The Bertz CT molecular complexity index is 746. The predicted octanol–water partition coefficient (Wildman–Crippen LogP) is 3.60. The smallest absolute Gasteiger partial charge is 0.195 e. The third-order valence-electron chi connectivity index (χ3n) is 3.89. The maximum absolute atomic E-state index is 5.54. The van der Waals surface area contributed by atoms with E-state index in [1.807, 2.05) is 36.7 Å². The van der Waals surface area contributed by atoms with E-state index in [1.54, 1.807) is 14.2 Å². The fourth-order valence-corrected chi connectivity index (χ4v) is 2.67. The molecule has 150 valence electrons. The molecule has 2 aromatic rings. The zero-order valence-electron chi connectivity index (χ0n) is 16.7. The van der Waals surface area contributed by atoms with Crippen molar-refractivity contribution in [3.63, 3.8) is 0 Å². The number of hydrogen-bond acceptors (Lipinski definition) is 4. The van der Waals surface area contributed by atoms with E-state index in [2.05, 4.69) is 33.7 Å². The molecule has 0 spiro atoms. The Balaban J connectivity index is 0.00000364. The summed E-state index contributed by atoms with van der Waals surface area (Å²) in [6.07, 6.45) is 0.954. The molecule has 1 aromatic carbocycles. The average Bonchev–Trinajstić information content (AvgIpc) is 2.96. The lowest BCUT2D eigenvalue weighted by Gasteiger charge is -2.14. The molecule has 1 heterocycles. The first-order valence-corrected chi connectivity index (χ1v) is 8.87. The summed E-state index contributed by atoms with van der Waals surface area (Å²) in [7, 11) is 3.38. The standard InChI is InChI=1S/C19H29N5O2.HI/c1-6-26-17-9-8-16(13-18(17)25-5)22-19(20-4)21-10-7-11-24-15(3)12-14(2)23-24;/h8-9,12-13H,6-7,10-11H2,1-5H3,(H2,20,21,22);1H. The third kappa shape index (κ3) is 6.93. The zero-order valence-corrected chi connectivity index (χ0v) is 19.0. The van der Waals surface area contributed by atoms with Gasteiger partial charge < -0.3 is 20.1 Å². The summed E-state index contributed by atoms with van der Waals surface area (Å²) in [5.41, 5.74) is 3.13. The van der Waals surface area contributed by atoms with E-state index in [4.69, 9.17) is 9.47 Å². The number of hydrogen-bond donors (Lipinski definition) is 2. The van der Waals surface area contributed by atoms with Gasteiger partial charge >= 0.3 is 0 Å². The van der Waals surface area contributed by atoms with Crippen LogP contribution in [0.1, 0.15) is 24.7 Å². The number of aliphatic imine (C=N–C) groups is 1. The first-order chi connectivity index (χ1) is 12.6. The molecule has 0 radical (unpaired) electrons. The van der Waals surface area contributed by atoms with Gasteiger partial charge in [0, 0.05) is 37.6 Å². The lowest BCUT2D eigenvalue weighted by Crippen LogP contribution is -2.32. The molecule has 2 N–H and O–H groups in total. The minimum Gasteiger partial charge on any atom is -0.493 e. The second-order valence-corrected chi connectivity index (χ2v) is 5.93. The molecule has 0 unspecified atom stereocenters. The topological polar surface area (TPSA) is 72.7 Å². The summed E-state index contributed by atoms with van der Waals surface area (Å²) < 4.78 is 13.0. The monoisotopic (exact) mass is 487 g/mol. The molecule has 27 heavy (non-hydrogen) atoms. The number of benzene rings is 1. The van der Waals surface area contributed by atoms with Gasteiger partial charge in [0.1, 0.15) is 0 Å². The molecule has 0 amide bonds. The second kappa shape index (κ2) is 11.7. The van der Waals surface area contributed by atoms with Crippen LogP contribution in [-0.2, 0) is 6.54 Å². The van der Waals surface area contributed by atoms with Crippen LogP contribution in [0.2, 0.25) is 0 Å². The van der Waals surface area contributed by atoms with Crippen molar-refractivity contribution in [3.8, 4) is 11.5 Å². The number of aromatic nitrogens is 2. The largest absolute Gasteiger partial charge is 0.493 e. The molecule has 0 aliphatic heterocycles. The number of ether oxygens (including phenoxy) is 2. The number of aryl methyl sites for hydroxylation is 3. The highest BCUT2D eigenvalue weighted by molar-refractivity contribution is 14.0. The van der Waals surface area contributed by atoms with Gasteiger partial charge in [0.25, 0.3) is 0 Å². The van der Waals surface area contributed by atoms with Gasteiger partial charge in [-0.15, -0.1) is 24.0 Å². The Labute approximate surface area is 178 Å². The molecule has 0 saturated heterocycles. The maximum atomic E-state index is 5.54. The molecule has 8 heteroatoms. The van der Waals surface area contributed by atoms with E-state index >= 15 is 0 Å². The summed E-state index contributed by atoms with van der Waals surface area (Å²) >= 11 is 0. The molecule has 2 rings (SSSR count). The van der Waals surface area contributed by atoms with Crippen LogP contribution in [0.25, 0.3) is 0 Å². The molecule has 1 aromatic heterocycles. The molecule has 0 bridgehead atoms. The van der Waals surface area contributed by atoms with Crippen molar-refractivity contribution >= 4 is 35.6 Å². The van der Waals surface area contributed by atoms with Gasteiger partial charge in [-0.1, -0.05) is 0 Å². The highest BCUT2D eigenvalue weighted by Gasteiger charge is 2.07. The minimum atomic E-state index is 0. The molecule has 0 aliphatic carbocycles. The number of halogens is 1. The van der Waals surface area contributed by atoms with E-state index < -0.39 is 0 Å². The number of guanidine groups is 1. The second-order valence-electron chi connectivity index (χ2n) is 5.93. The molecule has 0 saturated carbocycles. The van der Waals surface area contributed by atoms with E-state index in [-0.39, 0.29) is 24.0 Å². The summed E-state index contributed by atoms with van der Waals surface area (Å²) in [6.45, 7) is 8.31. The molecule has 7 nitrogen and oxygen atoms in total. The van der Waals surface area contributed by atoms with E-state index in [0.29, 0.717) is 18.3 Å². The Morgan fingerprint density at radius 3 is 2.59 bits per heavy atom. The van der Waals surface area contributed by atoms with Gasteiger partial charge in [-0.2, -0.15) is 5.10 Å². The van der Waals surface area contributed by atoms with Gasteiger partial charge in [-0.25, -0.2) is 0 Å². The van der Waals surface area contributed by atoms with E-state index in [1.165, 1.54) is 5.69 Å². The normalized spacial score (nSPS) is 10.9. The fraction of sp³-hybridized carbons (Fsp3) is 0.474. The lowest BCUT2D eigenvalue weighted by atomic mass is 10.2. The van der Waals surface area contributed by atoms with Gasteiger partial charge in [0.15, 0.2) is 17.5 Å². The van der Waals surface area contributed by atoms with Crippen molar-refractivity contribution in [3.05, 3.63) is 35.7 Å². The number of rotatable bonds is 8. The summed E-state index contributed by atoms with van der Waals surface area (Å²) in [5, 5.41) is 11.1. The summed E-state index contributed by atoms with van der Waals surface area (Å²) in [5.74, 6) is 2.13. The van der Waals surface area contributed by atoms with Crippen molar-refractivity contribution in [2.75, 3.05) is 32.6 Å².